The van der Waals surface area contributed by atoms with Gasteiger partial charge in [0.05, 0.1) is 17.8 Å². The Kier molecular flexibility index (Phi) is 7.89. The van der Waals surface area contributed by atoms with Gasteiger partial charge in [0.25, 0.3) is 5.91 Å². The van der Waals surface area contributed by atoms with Crippen LogP contribution in [0.1, 0.15) is 54.8 Å². The van der Waals surface area contributed by atoms with Crippen molar-refractivity contribution >= 4 is 17.5 Å². The zero-order valence-corrected chi connectivity index (χ0v) is 20.9. The Balaban J connectivity index is 1.15. The van der Waals surface area contributed by atoms with E-state index in [4.69, 9.17) is 4.52 Å². The molecule has 5 rings (SSSR count). The van der Waals surface area contributed by atoms with Gasteiger partial charge in [-0.25, -0.2) is 4.39 Å². The predicted octanol–water partition coefficient (Wildman–Crippen LogP) is 4.74. The molecule has 0 atom stereocenters. The molecule has 2 aliphatic heterocycles. The van der Waals surface area contributed by atoms with E-state index in [0.29, 0.717) is 47.9 Å². The first kappa shape index (κ1) is 25.1. The minimum Gasteiger partial charge on any atom is -0.339 e. The SMILES string of the molecule is O=C(Nc1ccccc1C(=O)N1CCCCCC1)C1CCN(Cc2nc(-c3ccc(F)cc3)no2)CC1. The third kappa shape index (κ3) is 6.22. The highest BCUT2D eigenvalue weighted by molar-refractivity contribution is 6.04. The first-order valence-electron chi connectivity index (χ1n) is 13.1. The molecule has 2 fully saturated rings. The van der Waals surface area contributed by atoms with Gasteiger partial charge in [-0.1, -0.05) is 30.1 Å². The van der Waals surface area contributed by atoms with E-state index >= 15 is 0 Å². The predicted molar refractivity (Wildman–Crippen MR) is 137 cm³/mol. The smallest absolute Gasteiger partial charge is 0.255 e. The van der Waals surface area contributed by atoms with Crippen LogP contribution in [-0.2, 0) is 11.3 Å². The molecule has 0 saturated carbocycles. The fraction of sp³-hybridized carbons (Fsp3) is 0.429. The van der Waals surface area contributed by atoms with Crippen molar-refractivity contribution in [1.29, 1.82) is 0 Å². The molecule has 2 saturated heterocycles. The third-order valence-corrected chi connectivity index (χ3v) is 7.20. The number of amides is 2. The molecule has 0 aliphatic carbocycles. The number of hydrogen-bond acceptors (Lipinski definition) is 6. The Morgan fingerprint density at radius 2 is 1.65 bits per heavy atom. The number of nitrogens with one attached hydrogen (secondary N) is 1. The first-order valence-corrected chi connectivity index (χ1v) is 13.1. The quantitative estimate of drug-likeness (QED) is 0.520. The molecule has 2 aromatic carbocycles. The summed E-state index contributed by atoms with van der Waals surface area (Å²) in [6.45, 7) is 3.48. The van der Waals surface area contributed by atoms with E-state index < -0.39 is 0 Å². The van der Waals surface area contributed by atoms with Crippen molar-refractivity contribution < 1.29 is 18.5 Å². The zero-order chi connectivity index (χ0) is 25.6. The zero-order valence-electron chi connectivity index (χ0n) is 20.9. The Morgan fingerprint density at radius 3 is 2.38 bits per heavy atom. The summed E-state index contributed by atoms with van der Waals surface area (Å²) in [6, 6.07) is 13.3. The van der Waals surface area contributed by atoms with Gasteiger partial charge in [0.2, 0.25) is 17.6 Å². The maximum atomic E-state index is 13.2. The summed E-state index contributed by atoms with van der Waals surface area (Å²) < 4.78 is 18.5. The van der Waals surface area contributed by atoms with Gasteiger partial charge in [-0.3, -0.25) is 14.5 Å². The molecule has 0 unspecified atom stereocenters. The van der Waals surface area contributed by atoms with Crippen molar-refractivity contribution in [2.75, 3.05) is 31.5 Å². The molecule has 3 aromatic rings. The minimum absolute atomic E-state index is 0.00724. The molecule has 1 aromatic heterocycles. The molecule has 37 heavy (non-hydrogen) atoms. The Hall–Kier alpha value is -3.59. The average Bonchev–Trinajstić information content (AvgIpc) is 3.21. The summed E-state index contributed by atoms with van der Waals surface area (Å²) in [5.41, 5.74) is 1.84. The second kappa shape index (κ2) is 11.6. The second-order valence-corrected chi connectivity index (χ2v) is 9.81. The molecule has 0 radical (unpaired) electrons. The van der Waals surface area contributed by atoms with E-state index in [9.17, 15) is 14.0 Å². The highest BCUT2D eigenvalue weighted by Crippen LogP contribution is 2.24. The Bertz CT molecular complexity index is 1210. The average molecular weight is 506 g/mol. The van der Waals surface area contributed by atoms with Crippen molar-refractivity contribution in [2.24, 2.45) is 5.92 Å². The molecule has 9 heteroatoms. The molecule has 194 valence electrons. The summed E-state index contributed by atoms with van der Waals surface area (Å²) in [6.07, 6.45) is 5.76. The molecule has 2 amide bonds. The van der Waals surface area contributed by atoms with Gasteiger partial charge in [0.1, 0.15) is 5.82 Å². The number of carbonyl (C=O) groups excluding carboxylic acids is 2. The van der Waals surface area contributed by atoms with Crippen LogP contribution < -0.4 is 5.32 Å². The lowest BCUT2D eigenvalue weighted by atomic mass is 9.95. The van der Waals surface area contributed by atoms with Crippen LogP contribution in [-0.4, -0.2) is 57.9 Å². The maximum Gasteiger partial charge on any atom is 0.255 e. The number of para-hydroxylation sites is 1. The number of nitrogens with zero attached hydrogens (tertiary/aromatic N) is 4. The van der Waals surface area contributed by atoms with Crippen LogP contribution in [0.25, 0.3) is 11.4 Å². The Morgan fingerprint density at radius 1 is 0.946 bits per heavy atom. The molecule has 3 heterocycles. The molecule has 0 spiro atoms. The van der Waals surface area contributed by atoms with Crippen LogP contribution in [0, 0.1) is 11.7 Å². The van der Waals surface area contributed by atoms with Crippen LogP contribution in [0.2, 0.25) is 0 Å². The van der Waals surface area contributed by atoms with E-state index in [1.54, 1.807) is 18.2 Å². The van der Waals surface area contributed by atoms with E-state index in [0.717, 1.165) is 51.9 Å². The van der Waals surface area contributed by atoms with Crippen molar-refractivity contribution in [1.82, 2.24) is 19.9 Å². The van der Waals surface area contributed by atoms with Crippen LogP contribution in [0.3, 0.4) is 0 Å². The van der Waals surface area contributed by atoms with Crippen molar-refractivity contribution in [2.45, 2.75) is 45.1 Å². The van der Waals surface area contributed by atoms with Crippen LogP contribution in [0.4, 0.5) is 10.1 Å². The van der Waals surface area contributed by atoms with Crippen LogP contribution in [0.5, 0.6) is 0 Å². The number of piperidine rings is 1. The molecule has 2 aliphatic rings. The fourth-order valence-electron chi connectivity index (χ4n) is 5.04. The molecular weight excluding hydrogens is 473 g/mol. The van der Waals surface area contributed by atoms with Gasteiger partial charge in [-0.2, -0.15) is 4.98 Å². The fourth-order valence-corrected chi connectivity index (χ4v) is 5.04. The van der Waals surface area contributed by atoms with Crippen molar-refractivity contribution in [3.8, 4) is 11.4 Å². The molecule has 0 bridgehead atoms. The highest BCUT2D eigenvalue weighted by Gasteiger charge is 2.27. The summed E-state index contributed by atoms with van der Waals surface area (Å²) in [7, 11) is 0. The molecule has 1 N–H and O–H groups in total. The molecule has 8 nitrogen and oxygen atoms in total. The lowest BCUT2D eigenvalue weighted by molar-refractivity contribution is -0.121. The number of benzene rings is 2. The third-order valence-electron chi connectivity index (χ3n) is 7.20. The van der Waals surface area contributed by atoms with Gasteiger partial charge in [0, 0.05) is 24.6 Å². The van der Waals surface area contributed by atoms with E-state index in [-0.39, 0.29) is 23.5 Å². The normalized spacial score (nSPS) is 17.4. The van der Waals surface area contributed by atoms with Crippen LogP contribution >= 0.6 is 0 Å². The lowest BCUT2D eigenvalue weighted by Gasteiger charge is -2.30. The molecular formula is C28H32FN5O3. The first-order chi connectivity index (χ1) is 18.1. The highest BCUT2D eigenvalue weighted by atomic mass is 19.1. The number of likely N-dealkylation sites (tertiary alicyclic amines) is 2. The number of anilines is 1. The lowest BCUT2D eigenvalue weighted by Crippen LogP contribution is -2.38. The standard InChI is InChI=1S/C28H32FN5O3/c29-22-11-9-20(10-12-22)26-31-25(37-32-26)19-33-17-13-21(14-18-33)27(35)30-24-8-4-3-7-23(24)28(36)34-15-5-1-2-6-16-34/h3-4,7-12,21H,1-2,5-6,13-19H2,(H,30,35). The largest absolute Gasteiger partial charge is 0.339 e. The van der Waals surface area contributed by atoms with Gasteiger partial charge in [-0.05, 0) is 75.2 Å². The van der Waals surface area contributed by atoms with Gasteiger partial charge >= 0.3 is 0 Å². The van der Waals surface area contributed by atoms with E-state index in [1.807, 2.05) is 23.1 Å². The monoisotopic (exact) mass is 505 g/mol. The van der Waals surface area contributed by atoms with Crippen molar-refractivity contribution in [3.63, 3.8) is 0 Å². The van der Waals surface area contributed by atoms with E-state index in [2.05, 4.69) is 20.4 Å². The number of halogens is 1. The summed E-state index contributed by atoms with van der Waals surface area (Å²) in [5, 5.41) is 7.04. The van der Waals surface area contributed by atoms with Crippen molar-refractivity contribution in [3.05, 3.63) is 65.8 Å². The van der Waals surface area contributed by atoms with Crippen LogP contribution in [0.15, 0.2) is 53.1 Å². The van der Waals surface area contributed by atoms with Gasteiger partial charge < -0.3 is 14.7 Å². The number of rotatable bonds is 6. The van der Waals surface area contributed by atoms with Gasteiger partial charge in [-0.15, -0.1) is 0 Å². The number of hydrogen-bond donors (Lipinski definition) is 1. The second-order valence-electron chi connectivity index (χ2n) is 9.81. The maximum absolute atomic E-state index is 13.2. The van der Waals surface area contributed by atoms with Gasteiger partial charge in [0.15, 0.2) is 0 Å². The number of carbonyl (C=O) groups is 2. The summed E-state index contributed by atoms with van der Waals surface area (Å²) in [4.78, 5) is 34.8. The summed E-state index contributed by atoms with van der Waals surface area (Å²) in [5.74, 6) is 0.419. The minimum atomic E-state index is -0.313. The summed E-state index contributed by atoms with van der Waals surface area (Å²) >= 11 is 0. The Labute approximate surface area is 215 Å². The number of aromatic nitrogens is 2. The topological polar surface area (TPSA) is 91.6 Å². The van der Waals surface area contributed by atoms with E-state index in [1.165, 1.54) is 12.1 Å².